The summed E-state index contributed by atoms with van der Waals surface area (Å²) < 4.78 is 0. The first-order valence-electron chi connectivity index (χ1n) is 5.18. The van der Waals surface area contributed by atoms with E-state index in [0.29, 0.717) is 5.92 Å². The molecule has 78 valence electrons. The molecule has 0 aliphatic carbocycles. The molecular formula is C10H22N2O. The summed E-state index contributed by atoms with van der Waals surface area (Å²) in [4.78, 5) is 4.68. The van der Waals surface area contributed by atoms with Crippen molar-refractivity contribution in [3.8, 4) is 0 Å². The van der Waals surface area contributed by atoms with Gasteiger partial charge < -0.3 is 10.0 Å². The van der Waals surface area contributed by atoms with E-state index in [1.54, 1.807) is 0 Å². The average molecular weight is 186 g/mol. The summed E-state index contributed by atoms with van der Waals surface area (Å²) >= 11 is 0. The maximum atomic E-state index is 9.69. The molecule has 1 saturated heterocycles. The van der Waals surface area contributed by atoms with Gasteiger partial charge in [0.25, 0.3) is 0 Å². The van der Waals surface area contributed by atoms with Gasteiger partial charge in [-0.15, -0.1) is 0 Å². The minimum absolute atomic E-state index is 0.164. The number of aliphatic hydroxyl groups is 1. The van der Waals surface area contributed by atoms with Crippen LogP contribution in [0.3, 0.4) is 0 Å². The minimum Gasteiger partial charge on any atom is -0.392 e. The van der Waals surface area contributed by atoms with Crippen molar-refractivity contribution in [2.75, 3.05) is 39.8 Å². The molecule has 1 rings (SSSR count). The molecule has 0 amide bonds. The van der Waals surface area contributed by atoms with E-state index in [1.807, 2.05) is 0 Å². The highest BCUT2D eigenvalue weighted by atomic mass is 16.3. The van der Waals surface area contributed by atoms with Gasteiger partial charge in [-0.05, 0) is 13.0 Å². The van der Waals surface area contributed by atoms with Gasteiger partial charge in [-0.3, -0.25) is 4.90 Å². The molecular weight excluding hydrogens is 164 g/mol. The number of β-amino-alcohol motifs (C(OH)–C–C–N with tert-alkyl or cyclic N) is 1. The number of aliphatic hydroxyl groups excluding tert-OH is 1. The number of piperazine rings is 1. The van der Waals surface area contributed by atoms with Crippen LogP contribution in [0.15, 0.2) is 0 Å². The van der Waals surface area contributed by atoms with Crippen LogP contribution >= 0.6 is 0 Å². The van der Waals surface area contributed by atoms with Crippen LogP contribution in [0.2, 0.25) is 0 Å². The molecule has 0 bridgehead atoms. The van der Waals surface area contributed by atoms with E-state index in [-0.39, 0.29) is 6.10 Å². The van der Waals surface area contributed by atoms with Crippen molar-refractivity contribution in [3.05, 3.63) is 0 Å². The number of likely N-dealkylation sites (N-methyl/N-ethyl adjacent to an activating group) is 1. The largest absolute Gasteiger partial charge is 0.392 e. The topological polar surface area (TPSA) is 26.7 Å². The molecule has 3 nitrogen and oxygen atoms in total. The van der Waals surface area contributed by atoms with E-state index in [2.05, 4.69) is 30.7 Å². The van der Waals surface area contributed by atoms with Gasteiger partial charge in [0.2, 0.25) is 0 Å². The number of hydrogen-bond acceptors (Lipinski definition) is 3. The van der Waals surface area contributed by atoms with E-state index in [0.717, 1.165) is 32.7 Å². The fourth-order valence-electron chi connectivity index (χ4n) is 1.51. The molecule has 1 aliphatic rings. The standard InChI is InChI=1S/C10H22N2O/c1-9(2)10(13)8-12-6-4-11(3)5-7-12/h9-10,13H,4-8H2,1-3H3. The molecule has 0 aromatic rings. The Morgan fingerprint density at radius 3 is 2.15 bits per heavy atom. The summed E-state index contributed by atoms with van der Waals surface area (Å²) in [6.07, 6.45) is -0.164. The second-order valence-corrected chi connectivity index (χ2v) is 4.42. The third-order valence-electron chi connectivity index (χ3n) is 2.81. The number of hydrogen-bond donors (Lipinski definition) is 1. The molecule has 0 radical (unpaired) electrons. The molecule has 1 unspecified atom stereocenters. The van der Waals surface area contributed by atoms with E-state index < -0.39 is 0 Å². The van der Waals surface area contributed by atoms with Gasteiger partial charge in [-0.25, -0.2) is 0 Å². The molecule has 1 fully saturated rings. The Morgan fingerprint density at radius 2 is 1.69 bits per heavy atom. The van der Waals surface area contributed by atoms with E-state index >= 15 is 0 Å². The van der Waals surface area contributed by atoms with E-state index in [9.17, 15) is 5.11 Å². The lowest BCUT2D eigenvalue weighted by Gasteiger charge is -2.34. The Balaban J connectivity index is 2.22. The molecule has 1 atom stereocenters. The summed E-state index contributed by atoms with van der Waals surface area (Å²) in [6.45, 7) is 9.43. The van der Waals surface area contributed by atoms with Crippen LogP contribution in [-0.4, -0.2) is 60.8 Å². The molecule has 0 aromatic carbocycles. The highest BCUT2D eigenvalue weighted by Gasteiger charge is 2.18. The average Bonchev–Trinajstić information content (AvgIpc) is 2.08. The van der Waals surface area contributed by atoms with Gasteiger partial charge in [0.05, 0.1) is 6.10 Å². The number of nitrogens with zero attached hydrogens (tertiary/aromatic N) is 2. The van der Waals surface area contributed by atoms with E-state index in [1.165, 1.54) is 0 Å². The van der Waals surface area contributed by atoms with Crippen molar-refractivity contribution in [1.29, 1.82) is 0 Å². The monoisotopic (exact) mass is 186 g/mol. The lowest BCUT2D eigenvalue weighted by Crippen LogP contribution is -2.47. The summed E-state index contributed by atoms with van der Waals surface area (Å²) in [7, 11) is 2.15. The second-order valence-electron chi connectivity index (χ2n) is 4.42. The van der Waals surface area contributed by atoms with Crippen molar-refractivity contribution in [2.45, 2.75) is 20.0 Å². The zero-order chi connectivity index (χ0) is 9.84. The number of rotatable bonds is 3. The predicted molar refractivity (Wildman–Crippen MR) is 54.8 cm³/mol. The van der Waals surface area contributed by atoms with Crippen molar-refractivity contribution in [3.63, 3.8) is 0 Å². The Labute approximate surface area is 81.3 Å². The first-order chi connectivity index (χ1) is 6.09. The van der Waals surface area contributed by atoms with Crippen molar-refractivity contribution in [2.24, 2.45) is 5.92 Å². The van der Waals surface area contributed by atoms with Gasteiger partial charge in [-0.2, -0.15) is 0 Å². The Morgan fingerprint density at radius 1 is 1.15 bits per heavy atom. The maximum absolute atomic E-state index is 9.69. The Bertz CT molecular complexity index is 142. The molecule has 1 heterocycles. The second kappa shape index (κ2) is 4.94. The van der Waals surface area contributed by atoms with Crippen molar-refractivity contribution >= 4 is 0 Å². The van der Waals surface area contributed by atoms with Crippen LogP contribution < -0.4 is 0 Å². The van der Waals surface area contributed by atoms with Gasteiger partial charge in [-0.1, -0.05) is 13.8 Å². The first-order valence-corrected chi connectivity index (χ1v) is 5.18. The zero-order valence-electron chi connectivity index (χ0n) is 9.03. The van der Waals surface area contributed by atoms with Crippen LogP contribution in [0.25, 0.3) is 0 Å². The van der Waals surface area contributed by atoms with Crippen LogP contribution in [0.5, 0.6) is 0 Å². The molecule has 0 saturated carbocycles. The van der Waals surface area contributed by atoms with Crippen LogP contribution in [-0.2, 0) is 0 Å². The van der Waals surface area contributed by atoms with Crippen molar-refractivity contribution in [1.82, 2.24) is 9.80 Å². The lowest BCUT2D eigenvalue weighted by molar-refractivity contribution is 0.0550. The first kappa shape index (κ1) is 11.0. The summed E-state index contributed by atoms with van der Waals surface area (Å²) in [5, 5.41) is 9.69. The summed E-state index contributed by atoms with van der Waals surface area (Å²) in [5.74, 6) is 0.375. The smallest absolute Gasteiger partial charge is 0.0689 e. The molecule has 0 aromatic heterocycles. The Hall–Kier alpha value is -0.120. The fourth-order valence-corrected chi connectivity index (χ4v) is 1.51. The van der Waals surface area contributed by atoms with Crippen LogP contribution in [0.1, 0.15) is 13.8 Å². The highest BCUT2D eigenvalue weighted by Crippen LogP contribution is 2.06. The maximum Gasteiger partial charge on any atom is 0.0689 e. The minimum atomic E-state index is -0.164. The van der Waals surface area contributed by atoms with Crippen molar-refractivity contribution < 1.29 is 5.11 Å². The predicted octanol–water partition coefficient (Wildman–Crippen LogP) is 0.251. The third kappa shape index (κ3) is 3.63. The molecule has 1 N–H and O–H groups in total. The molecule has 1 aliphatic heterocycles. The highest BCUT2D eigenvalue weighted by molar-refractivity contribution is 4.73. The van der Waals surface area contributed by atoms with Gasteiger partial charge in [0.15, 0.2) is 0 Å². The van der Waals surface area contributed by atoms with Gasteiger partial charge >= 0.3 is 0 Å². The SMILES string of the molecule is CC(C)C(O)CN1CCN(C)CC1. The van der Waals surface area contributed by atoms with Gasteiger partial charge in [0.1, 0.15) is 0 Å². The van der Waals surface area contributed by atoms with Crippen LogP contribution in [0, 0.1) is 5.92 Å². The molecule has 13 heavy (non-hydrogen) atoms. The normalized spacial score (nSPS) is 23.8. The lowest BCUT2D eigenvalue weighted by atomic mass is 10.1. The van der Waals surface area contributed by atoms with Crippen LogP contribution in [0.4, 0.5) is 0 Å². The summed E-state index contributed by atoms with van der Waals surface area (Å²) in [5.41, 5.74) is 0. The molecule has 0 spiro atoms. The molecule has 3 heteroatoms. The third-order valence-corrected chi connectivity index (χ3v) is 2.81. The zero-order valence-corrected chi connectivity index (χ0v) is 9.03. The van der Waals surface area contributed by atoms with E-state index in [4.69, 9.17) is 0 Å². The Kier molecular flexibility index (Phi) is 4.16. The summed E-state index contributed by atoms with van der Waals surface area (Å²) in [6, 6.07) is 0. The fraction of sp³-hybridized carbons (Fsp3) is 1.00. The van der Waals surface area contributed by atoms with Gasteiger partial charge in [0, 0.05) is 32.7 Å². The quantitative estimate of drug-likeness (QED) is 0.684.